The topological polar surface area (TPSA) is 107 Å². The van der Waals surface area contributed by atoms with Crippen LogP contribution in [0.15, 0.2) is 0 Å². The molecule has 0 spiro atoms. The monoisotopic (exact) mass is 243 g/mol. The molecular weight excluding hydrogens is 230 g/mol. The molecule has 16 heavy (non-hydrogen) atoms. The van der Waals surface area contributed by atoms with Crippen LogP contribution in [0.1, 0.15) is 19.5 Å². The first-order chi connectivity index (χ1) is 7.24. The third-order valence-corrected chi connectivity index (χ3v) is 2.32. The summed E-state index contributed by atoms with van der Waals surface area (Å²) in [6.07, 6.45) is 0. The van der Waals surface area contributed by atoms with E-state index in [1.807, 2.05) is 0 Å². The SMILES string of the molecule is Cc1nc(Cl)nc(NC(C)(C)C(N)=O)c1N. The number of anilines is 2. The van der Waals surface area contributed by atoms with E-state index in [0.29, 0.717) is 17.2 Å². The predicted octanol–water partition coefficient (Wildman–Crippen LogP) is 0.696. The van der Waals surface area contributed by atoms with Crippen LogP contribution in [0.3, 0.4) is 0 Å². The molecule has 1 heterocycles. The van der Waals surface area contributed by atoms with Crippen molar-refractivity contribution >= 4 is 29.0 Å². The van der Waals surface area contributed by atoms with Gasteiger partial charge in [-0.05, 0) is 32.4 Å². The van der Waals surface area contributed by atoms with Gasteiger partial charge in [-0.2, -0.15) is 4.98 Å². The van der Waals surface area contributed by atoms with E-state index in [1.54, 1.807) is 20.8 Å². The van der Waals surface area contributed by atoms with Crippen LogP contribution in [0.2, 0.25) is 5.28 Å². The standard InChI is InChI=1S/C9H14ClN5O/c1-4-5(11)6(14-8(10)13-4)15-9(2,3)7(12)16/h11H2,1-3H3,(H2,12,16)(H,13,14,15). The van der Waals surface area contributed by atoms with E-state index in [9.17, 15) is 4.79 Å². The summed E-state index contributed by atoms with van der Waals surface area (Å²) in [6.45, 7) is 4.95. The van der Waals surface area contributed by atoms with Gasteiger partial charge >= 0.3 is 0 Å². The number of rotatable bonds is 3. The normalized spacial score (nSPS) is 11.2. The Kier molecular flexibility index (Phi) is 3.23. The molecule has 1 amide bonds. The summed E-state index contributed by atoms with van der Waals surface area (Å²) in [5, 5.41) is 2.90. The Morgan fingerprint density at radius 3 is 2.50 bits per heavy atom. The minimum Gasteiger partial charge on any atom is -0.394 e. The number of halogens is 1. The van der Waals surface area contributed by atoms with Gasteiger partial charge in [0.15, 0.2) is 5.82 Å². The number of aryl methyl sites for hydroxylation is 1. The van der Waals surface area contributed by atoms with Crippen molar-refractivity contribution in [2.75, 3.05) is 11.1 Å². The van der Waals surface area contributed by atoms with E-state index in [0.717, 1.165) is 0 Å². The minimum atomic E-state index is -0.960. The van der Waals surface area contributed by atoms with Crippen molar-refractivity contribution in [3.8, 4) is 0 Å². The summed E-state index contributed by atoms with van der Waals surface area (Å²) in [6, 6.07) is 0. The molecule has 7 heteroatoms. The highest BCUT2D eigenvalue weighted by Crippen LogP contribution is 2.23. The first-order valence-corrected chi connectivity index (χ1v) is 4.99. The molecule has 6 nitrogen and oxygen atoms in total. The lowest BCUT2D eigenvalue weighted by atomic mass is 10.1. The third kappa shape index (κ3) is 2.52. The van der Waals surface area contributed by atoms with Crippen molar-refractivity contribution in [2.24, 2.45) is 5.73 Å². The molecule has 1 aromatic heterocycles. The Labute approximate surface area is 98.4 Å². The molecule has 0 saturated heterocycles. The number of hydrogen-bond acceptors (Lipinski definition) is 5. The molecule has 0 aliphatic rings. The van der Waals surface area contributed by atoms with E-state index in [1.165, 1.54) is 0 Å². The molecule has 0 aliphatic heterocycles. The lowest BCUT2D eigenvalue weighted by Gasteiger charge is -2.24. The number of nitrogens with two attached hydrogens (primary N) is 2. The fraction of sp³-hybridized carbons (Fsp3) is 0.444. The predicted molar refractivity (Wildman–Crippen MR) is 63.1 cm³/mol. The molecule has 1 rings (SSSR count). The van der Waals surface area contributed by atoms with Gasteiger partial charge in [-0.25, -0.2) is 4.98 Å². The van der Waals surface area contributed by atoms with E-state index in [-0.39, 0.29) is 5.28 Å². The van der Waals surface area contributed by atoms with Crippen molar-refractivity contribution in [3.05, 3.63) is 11.0 Å². The van der Waals surface area contributed by atoms with Crippen LogP contribution in [-0.4, -0.2) is 21.4 Å². The lowest BCUT2D eigenvalue weighted by Crippen LogP contribution is -2.45. The first kappa shape index (κ1) is 12.5. The molecule has 0 unspecified atom stereocenters. The number of aromatic nitrogens is 2. The zero-order chi connectivity index (χ0) is 12.5. The summed E-state index contributed by atoms with van der Waals surface area (Å²) in [5.74, 6) is -0.208. The molecule has 0 radical (unpaired) electrons. The van der Waals surface area contributed by atoms with Crippen LogP contribution < -0.4 is 16.8 Å². The van der Waals surface area contributed by atoms with Gasteiger partial charge in [-0.1, -0.05) is 0 Å². The largest absolute Gasteiger partial charge is 0.394 e. The van der Waals surface area contributed by atoms with E-state index >= 15 is 0 Å². The highest BCUT2D eigenvalue weighted by Gasteiger charge is 2.26. The average molecular weight is 244 g/mol. The summed E-state index contributed by atoms with van der Waals surface area (Å²) in [7, 11) is 0. The molecule has 0 bridgehead atoms. The van der Waals surface area contributed by atoms with Gasteiger partial charge in [0, 0.05) is 0 Å². The molecule has 0 aliphatic carbocycles. The number of nitrogens with one attached hydrogen (secondary N) is 1. The van der Waals surface area contributed by atoms with Crippen molar-refractivity contribution in [2.45, 2.75) is 26.3 Å². The molecule has 88 valence electrons. The summed E-state index contributed by atoms with van der Waals surface area (Å²) < 4.78 is 0. The zero-order valence-corrected chi connectivity index (χ0v) is 10.1. The fourth-order valence-electron chi connectivity index (χ4n) is 1.00. The van der Waals surface area contributed by atoms with E-state index < -0.39 is 11.4 Å². The maximum atomic E-state index is 11.1. The lowest BCUT2D eigenvalue weighted by molar-refractivity contribution is -0.121. The Morgan fingerprint density at radius 1 is 1.44 bits per heavy atom. The number of nitrogens with zero attached hydrogens (tertiary/aromatic N) is 2. The summed E-state index contributed by atoms with van der Waals surface area (Å²) in [4.78, 5) is 18.9. The molecule has 5 N–H and O–H groups in total. The van der Waals surface area contributed by atoms with E-state index in [2.05, 4.69) is 15.3 Å². The summed E-state index contributed by atoms with van der Waals surface area (Å²) >= 11 is 5.70. The van der Waals surface area contributed by atoms with Gasteiger partial charge in [-0.15, -0.1) is 0 Å². The Bertz CT molecular complexity index is 432. The van der Waals surface area contributed by atoms with Crippen LogP contribution in [0.4, 0.5) is 11.5 Å². The number of primary amides is 1. The zero-order valence-electron chi connectivity index (χ0n) is 9.34. The number of carbonyl (C=O) groups is 1. The molecule has 0 atom stereocenters. The smallest absolute Gasteiger partial charge is 0.242 e. The van der Waals surface area contributed by atoms with Crippen LogP contribution in [-0.2, 0) is 4.79 Å². The number of nitrogen functional groups attached to an aromatic ring is 1. The maximum Gasteiger partial charge on any atom is 0.242 e. The van der Waals surface area contributed by atoms with Crippen LogP contribution in [0.25, 0.3) is 0 Å². The third-order valence-electron chi connectivity index (χ3n) is 2.16. The molecule has 0 fully saturated rings. The van der Waals surface area contributed by atoms with Gasteiger partial charge in [-0.3, -0.25) is 4.79 Å². The second kappa shape index (κ2) is 4.13. The number of amides is 1. The Morgan fingerprint density at radius 2 is 2.00 bits per heavy atom. The van der Waals surface area contributed by atoms with Gasteiger partial charge in [0.2, 0.25) is 11.2 Å². The quantitative estimate of drug-likeness (QED) is 0.678. The van der Waals surface area contributed by atoms with Gasteiger partial charge in [0.25, 0.3) is 0 Å². The average Bonchev–Trinajstić information content (AvgIpc) is 2.12. The van der Waals surface area contributed by atoms with Crippen LogP contribution in [0.5, 0.6) is 0 Å². The summed E-state index contributed by atoms with van der Waals surface area (Å²) in [5.41, 5.74) is 10.9. The van der Waals surface area contributed by atoms with Crippen LogP contribution in [0, 0.1) is 6.92 Å². The van der Waals surface area contributed by atoms with Gasteiger partial charge < -0.3 is 16.8 Å². The second-order valence-electron chi connectivity index (χ2n) is 3.95. The van der Waals surface area contributed by atoms with Gasteiger partial charge in [0.05, 0.1) is 11.4 Å². The van der Waals surface area contributed by atoms with Crippen molar-refractivity contribution < 1.29 is 4.79 Å². The van der Waals surface area contributed by atoms with Crippen LogP contribution >= 0.6 is 11.6 Å². The second-order valence-corrected chi connectivity index (χ2v) is 4.29. The molecule has 0 saturated carbocycles. The maximum absolute atomic E-state index is 11.1. The Balaban J connectivity index is 3.11. The first-order valence-electron chi connectivity index (χ1n) is 4.61. The van der Waals surface area contributed by atoms with Crippen molar-refractivity contribution in [1.82, 2.24) is 9.97 Å². The van der Waals surface area contributed by atoms with Crippen molar-refractivity contribution in [1.29, 1.82) is 0 Å². The van der Waals surface area contributed by atoms with E-state index in [4.69, 9.17) is 23.1 Å². The fourth-order valence-corrected chi connectivity index (χ4v) is 1.21. The number of carbonyl (C=O) groups excluding carboxylic acids is 1. The highest BCUT2D eigenvalue weighted by atomic mass is 35.5. The molecule has 0 aromatic carbocycles. The molecule has 1 aromatic rings. The highest BCUT2D eigenvalue weighted by molar-refractivity contribution is 6.28. The molecular formula is C9H14ClN5O. The minimum absolute atomic E-state index is 0.0643. The van der Waals surface area contributed by atoms with Crippen molar-refractivity contribution in [3.63, 3.8) is 0 Å². The van der Waals surface area contributed by atoms with Gasteiger partial charge in [0.1, 0.15) is 5.54 Å². The number of hydrogen-bond donors (Lipinski definition) is 3. The Hall–Kier alpha value is -1.56.